The van der Waals surface area contributed by atoms with Crippen molar-refractivity contribution in [3.8, 4) is 0 Å². The predicted molar refractivity (Wildman–Crippen MR) is 57.7 cm³/mol. The lowest BCUT2D eigenvalue weighted by molar-refractivity contribution is 0.0983. The first-order valence-corrected chi connectivity index (χ1v) is 4.84. The molecule has 2 nitrogen and oxygen atoms in total. The number of para-hydroxylation sites is 1. The molecule has 0 fully saturated rings. The summed E-state index contributed by atoms with van der Waals surface area (Å²) in [5.41, 5.74) is 2.86. The van der Waals surface area contributed by atoms with Crippen LogP contribution in [0.5, 0.6) is 0 Å². The van der Waals surface area contributed by atoms with Gasteiger partial charge in [-0.25, -0.2) is 0 Å². The molecule has 0 bridgehead atoms. The molecule has 2 heteroatoms. The molecule has 0 aliphatic heterocycles. The second-order valence-electron chi connectivity index (χ2n) is 3.45. The lowest BCUT2D eigenvalue weighted by Gasteiger charge is -1.94. The molecule has 0 atom stereocenters. The number of hydrogen-bond acceptors (Lipinski definition) is 1. The average Bonchev–Trinajstić information content (AvgIpc) is 2.56. The van der Waals surface area contributed by atoms with Crippen LogP contribution in [0.2, 0.25) is 0 Å². The van der Waals surface area contributed by atoms with E-state index in [9.17, 15) is 4.79 Å². The molecule has 0 spiro atoms. The highest BCUT2D eigenvalue weighted by Gasteiger charge is 2.11. The molecule has 0 aliphatic carbocycles. The van der Waals surface area contributed by atoms with Crippen molar-refractivity contribution in [3.05, 3.63) is 35.5 Å². The number of benzene rings is 1. The van der Waals surface area contributed by atoms with Gasteiger partial charge in [-0.15, -0.1) is 0 Å². The smallest absolute Gasteiger partial charge is 0.179 e. The van der Waals surface area contributed by atoms with Crippen LogP contribution in [-0.2, 0) is 0 Å². The summed E-state index contributed by atoms with van der Waals surface area (Å²) in [5, 5.41) is 1.14. The molecule has 72 valence electrons. The van der Waals surface area contributed by atoms with Gasteiger partial charge in [0.1, 0.15) is 0 Å². The normalized spacial score (nSPS) is 10.7. The summed E-state index contributed by atoms with van der Waals surface area (Å²) < 4.78 is 0. The fourth-order valence-corrected chi connectivity index (χ4v) is 1.74. The standard InChI is InChI=1S/C12H13NO/c1-3-11(14)12-8(2)9-6-4-5-7-10(9)13-12/h4-7,13H,3H2,1-2H3. The molecule has 14 heavy (non-hydrogen) atoms. The summed E-state index contributed by atoms with van der Waals surface area (Å²) in [6.07, 6.45) is 0.549. The van der Waals surface area contributed by atoms with E-state index in [1.54, 1.807) is 0 Å². The number of hydrogen-bond donors (Lipinski definition) is 1. The third-order valence-electron chi connectivity index (χ3n) is 2.57. The Morgan fingerprint density at radius 2 is 2.07 bits per heavy atom. The Balaban J connectivity index is 2.68. The number of carbonyl (C=O) groups excluding carboxylic acids is 1. The molecule has 0 saturated heterocycles. The summed E-state index contributed by atoms with van der Waals surface area (Å²) in [6.45, 7) is 3.87. The van der Waals surface area contributed by atoms with E-state index in [4.69, 9.17) is 0 Å². The van der Waals surface area contributed by atoms with E-state index in [0.29, 0.717) is 6.42 Å². The fraction of sp³-hybridized carbons (Fsp3) is 0.250. The van der Waals surface area contributed by atoms with Gasteiger partial charge in [-0.1, -0.05) is 25.1 Å². The lowest BCUT2D eigenvalue weighted by Crippen LogP contribution is -1.98. The number of fused-ring (bicyclic) bond motifs is 1. The van der Waals surface area contributed by atoms with Crippen LogP contribution in [0.4, 0.5) is 0 Å². The van der Waals surface area contributed by atoms with Crippen molar-refractivity contribution in [3.63, 3.8) is 0 Å². The highest BCUT2D eigenvalue weighted by Crippen LogP contribution is 2.21. The molecule has 1 N–H and O–H groups in total. The molecule has 1 aromatic heterocycles. The summed E-state index contributed by atoms with van der Waals surface area (Å²) in [6, 6.07) is 7.99. The molecule has 0 aliphatic rings. The molecule has 2 aromatic rings. The van der Waals surface area contributed by atoms with Gasteiger partial charge in [0.15, 0.2) is 5.78 Å². The Kier molecular flexibility index (Phi) is 2.12. The second kappa shape index (κ2) is 3.29. The van der Waals surface area contributed by atoms with Gasteiger partial charge in [0.25, 0.3) is 0 Å². The fourth-order valence-electron chi connectivity index (χ4n) is 1.74. The van der Waals surface area contributed by atoms with Crippen molar-refractivity contribution in [2.24, 2.45) is 0 Å². The van der Waals surface area contributed by atoms with E-state index in [2.05, 4.69) is 4.98 Å². The van der Waals surface area contributed by atoms with Gasteiger partial charge in [0.05, 0.1) is 5.69 Å². The van der Waals surface area contributed by atoms with E-state index in [1.165, 1.54) is 0 Å². The Labute approximate surface area is 82.9 Å². The lowest BCUT2D eigenvalue weighted by atomic mass is 10.1. The van der Waals surface area contributed by atoms with Crippen LogP contribution in [0.25, 0.3) is 10.9 Å². The molecule has 0 radical (unpaired) electrons. The maximum Gasteiger partial charge on any atom is 0.179 e. The van der Waals surface area contributed by atoms with E-state index in [0.717, 1.165) is 22.2 Å². The zero-order valence-electron chi connectivity index (χ0n) is 8.42. The highest BCUT2D eigenvalue weighted by atomic mass is 16.1. The topological polar surface area (TPSA) is 32.9 Å². The third-order valence-corrected chi connectivity index (χ3v) is 2.57. The summed E-state index contributed by atoms with van der Waals surface area (Å²) in [4.78, 5) is 14.7. The molecule has 1 heterocycles. The third kappa shape index (κ3) is 1.23. The summed E-state index contributed by atoms with van der Waals surface area (Å²) in [7, 11) is 0. The quantitative estimate of drug-likeness (QED) is 0.720. The highest BCUT2D eigenvalue weighted by molar-refractivity contribution is 6.01. The molecular formula is C12H13NO. The number of aromatic nitrogens is 1. The van der Waals surface area contributed by atoms with Gasteiger partial charge in [-0.2, -0.15) is 0 Å². The van der Waals surface area contributed by atoms with Crippen molar-refractivity contribution in [1.29, 1.82) is 0 Å². The maximum absolute atomic E-state index is 11.6. The second-order valence-corrected chi connectivity index (χ2v) is 3.45. The summed E-state index contributed by atoms with van der Waals surface area (Å²) >= 11 is 0. The predicted octanol–water partition coefficient (Wildman–Crippen LogP) is 3.07. The Bertz CT molecular complexity index is 482. The minimum Gasteiger partial charge on any atom is -0.352 e. The van der Waals surface area contributed by atoms with Crippen LogP contribution >= 0.6 is 0 Å². The number of H-pyrrole nitrogens is 1. The minimum absolute atomic E-state index is 0.179. The van der Waals surface area contributed by atoms with Gasteiger partial charge >= 0.3 is 0 Å². The van der Waals surface area contributed by atoms with Gasteiger partial charge < -0.3 is 4.98 Å². The number of nitrogens with one attached hydrogen (secondary N) is 1. The van der Waals surface area contributed by atoms with Crippen molar-refractivity contribution in [2.45, 2.75) is 20.3 Å². The van der Waals surface area contributed by atoms with E-state index < -0.39 is 0 Å². The van der Waals surface area contributed by atoms with E-state index in [1.807, 2.05) is 38.1 Å². The molecule has 0 amide bonds. The van der Waals surface area contributed by atoms with Gasteiger partial charge in [-0.05, 0) is 18.6 Å². The summed E-state index contributed by atoms with van der Waals surface area (Å²) in [5.74, 6) is 0.179. The monoisotopic (exact) mass is 187 g/mol. The number of aryl methyl sites for hydroxylation is 1. The van der Waals surface area contributed by atoms with Crippen molar-refractivity contribution < 1.29 is 4.79 Å². The first-order valence-electron chi connectivity index (χ1n) is 4.84. The molecule has 2 rings (SSSR count). The number of rotatable bonds is 2. The van der Waals surface area contributed by atoms with E-state index in [-0.39, 0.29) is 5.78 Å². The molecular weight excluding hydrogens is 174 g/mol. The minimum atomic E-state index is 0.179. The maximum atomic E-state index is 11.6. The zero-order valence-corrected chi connectivity index (χ0v) is 8.42. The van der Waals surface area contributed by atoms with Gasteiger partial charge in [0, 0.05) is 17.3 Å². The number of ketones is 1. The van der Waals surface area contributed by atoms with Gasteiger partial charge in [0.2, 0.25) is 0 Å². The van der Waals surface area contributed by atoms with Crippen LogP contribution in [-0.4, -0.2) is 10.8 Å². The van der Waals surface area contributed by atoms with Crippen molar-refractivity contribution in [1.82, 2.24) is 4.98 Å². The molecule has 0 saturated carbocycles. The van der Waals surface area contributed by atoms with Crippen LogP contribution < -0.4 is 0 Å². The van der Waals surface area contributed by atoms with Crippen LogP contribution in [0, 0.1) is 6.92 Å². The van der Waals surface area contributed by atoms with Crippen LogP contribution in [0.15, 0.2) is 24.3 Å². The molecule has 0 unspecified atom stereocenters. The van der Waals surface area contributed by atoms with Gasteiger partial charge in [-0.3, -0.25) is 4.79 Å². The van der Waals surface area contributed by atoms with Crippen LogP contribution in [0.1, 0.15) is 29.4 Å². The van der Waals surface area contributed by atoms with Crippen molar-refractivity contribution >= 4 is 16.7 Å². The number of carbonyl (C=O) groups is 1. The Hall–Kier alpha value is -1.57. The largest absolute Gasteiger partial charge is 0.352 e. The first-order chi connectivity index (χ1) is 6.74. The average molecular weight is 187 g/mol. The number of aromatic amines is 1. The Morgan fingerprint density at radius 3 is 2.71 bits per heavy atom. The van der Waals surface area contributed by atoms with Crippen molar-refractivity contribution in [2.75, 3.05) is 0 Å². The number of Topliss-reactive ketones (excluding diaryl/α,β-unsaturated/α-hetero) is 1. The van der Waals surface area contributed by atoms with Crippen LogP contribution in [0.3, 0.4) is 0 Å². The zero-order chi connectivity index (χ0) is 10.1. The SMILES string of the molecule is CCC(=O)c1[nH]c2ccccc2c1C. The Morgan fingerprint density at radius 1 is 1.36 bits per heavy atom. The van der Waals surface area contributed by atoms with E-state index >= 15 is 0 Å². The first kappa shape index (κ1) is 9.00. The molecule has 1 aromatic carbocycles.